The Kier molecular flexibility index (Phi) is 3.11. The Balaban J connectivity index is 1.14. The summed E-state index contributed by atoms with van der Waals surface area (Å²) in [6.07, 6.45) is 10.4. The van der Waals surface area contributed by atoms with Gasteiger partial charge in [0, 0.05) is 6.42 Å². The van der Waals surface area contributed by atoms with Gasteiger partial charge in [0.1, 0.15) is 5.75 Å². The maximum absolute atomic E-state index is 12.0. The third-order valence-electron chi connectivity index (χ3n) is 7.76. The highest BCUT2D eigenvalue weighted by molar-refractivity contribution is 5.72. The number of benzene rings is 1. The highest BCUT2D eigenvalue weighted by atomic mass is 16.5. The lowest BCUT2D eigenvalue weighted by Crippen LogP contribution is -2.41. The fourth-order valence-electron chi connectivity index (χ4n) is 6.93. The molecule has 4 unspecified atom stereocenters. The molecule has 3 bridgehead atoms. The highest BCUT2D eigenvalue weighted by Crippen LogP contribution is 2.77. The van der Waals surface area contributed by atoms with E-state index >= 15 is 0 Å². The van der Waals surface area contributed by atoms with Crippen LogP contribution in [0.5, 0.6) is 5.75 Å². The number of ether oxygens (including phenoxy) is 1. The van der Waals surface area contributed by atoms with Gasteiger partial charge in [-0.1, -0.05) is 18.2 Å². The van der Waals surface area contributed by atoms with Crippen LogP contribution in [0.15, 0.2) is 30.3 Å². The molecule has 1 aromatic carbocycles. The van der Waals surface area contributed by atoms with Crippen LogP contribution in [0.25, 0.3) is 0 Å². The van der Waals surface area contributed by atoms with Gasteiger partial charge in [0.2, 0.25) is 0 Å². The molecule has 4 saturated carbocycles. The number of para-hydroxylation sites is 1. The minimum absolute atomic E-state index is 0.0675. The summed E-state index contributed by atoms with van der Waals surface area (Å²) in [5.41, 5.74) is 0.818. The lowest BCUT2D eigenvalue weighted by atomic mass is 9.56. The van der Waals surface area contributed by atoms with E-state index in [9.17, 15) is 4.79 Å². The largest absolute Gasteiger partial charge is 0.427 e. The van der Waals surface area contributed by atoms with Gasteiger partial charge in [0.25, 0.3) is 0 Å². The normalized spacial score (nSPS) is 42.3. The molecule has 4 aliphatic rings. The van der Waals surface area contributed by atoms with E-state index in [-0.39, 0.29) is 5.97 Å². The van der Waals surface area contributed by atoms with Gasteiger partial charge >= 0.3 is 5.97 Å². The van der Waals surface area contributed by atoms with E-state index in [4.69, 9.17) is 4.74 Å². The maximum atomic E-state index is 12.0. The fraction of sp³-hybridized carbons (Fsp3) is 0.667. The lowest BCUT2D eigenvalue weighted by molar-refractivity contribution is -0.134. The van der Waals surface area contributed by atoms with E-state index < -0.39 is 0 Å². The van der Waals surface area contributed by atoms with Crippen molar-refractivity contribution in [3.05, 3.63) is 30.3 Å². The van der Waals surface area contributed by atoms with Gasteiger partial charge in [-0.2, -0.15) is 0 Å². The summed E-state index contributed by atoms with van der Waals surface area (Å²) >= 11 is 0. The second-order valence-electron chi connectivity index (χ2n) is 8.61. The average Bonchev–Trinajstić information content (AvgIpc) is 2.92. The quantitative estimate of drug-likeness (QED) is 0.575. The number of esters is 1. The zero-order valence-electron chi connectivity index (χ0n) is 13.7. The highest BCUT2D eigenvalue weighted by Gasteiger charge is 2.68. The van der Waals surface area contributed by atoms with Crippen LogP contribution in [-0.2, 0) is 4.79 Å². The number of fused-ring (bicyclic) bond motifs is 2. The van der Waals surface area contributed by atoms with Gasteiger partial charge in [-0.25, -0.2) is 0 Å². The van der Waals surface area contributed by atoms with E-state index in [1.165, 1.54) is 32.1 Å². The molecule has 1 aromatic rings. The number of hydrogen-bond donors (Lipinski definition) is 0. The van der Waals surface area contributed by atoms with E-state index in [0.29, 0.717) is 12.2 Å². The van der Waals surface area contributed by atoms with E-state index in [1.54, 1.807) is 6.42 Å². The Morgan fingerprint density at radius 2 is 1.74 bits per heavy atom. The van der Waals surface area contributed by atoms with Crippen molar-refractivity contribution in [2.45, 2.75) is 51.4 Å². The number of carbonyl (C=O) groups excluding carboxylic acids is 1. The zero-order chi connectivity index (χ0) is 15.4. The summed E-state index contributed by atoms with van der Waals surface area (Å²) in [7, 11) is 0. The van der Waals surface area contributed by atoms with E-state index in [2.05, 4.69) is 0 Å². The van der Waals surface area contributed by atoms with Crippen molar-refractivity contribution in [1.82, 2.24) is 0 Å². The van der Waals surface area contributed by atoms with Crippen LogP contribution >= 0.6 is 0 Å². The molecule has 0 aliphatic heterocycles. The molecule has 0 radical (unpaired) electrons. The van der Waals surface area contributed by atoms with Gasteiger partial charge < -0.3 is 4.74 Å². The van der Waals surface area contributed by atoms with Crippen molar-refractivity contribution >= 4 is 5.97 Å². The molecule has 2 heteroatoms. The molecular formula is C21H26O2. The molecule has 2 nitrogen and oxygen atoms in total. The van der Waals surface area contributed by atoms with Crippen molar-refractivity contribution in [2.24, 2.45) is 35.0 Å². The topological polar surface area (TPSA) is 26.3 Å². The molecule has 4 atom stereocenters. The Morgan fingerprint density at radius 1 is 1.04 bits per heavy atom. The van der Waals surface area contributed by atoms with Crippen molar-refractivity contribution in [3.63, 3.8) is 0 Å². The molecular weight excluding hydrogens is 284 g/mol. The third kappa shape index (κ3) is 2.10. The molecule has 5 rings (SSSR count). The van der Waals surface area contributed by atoms with Crippen LogP contribution in [0.3, 0.4) is 0 Å². The minimum atomic E-state index is -0.0675. The standard InChI is InChI=1S/C21H26O2/c22-20(23-18-5-2-1-3-6-18)8-4-7-19-14-9-16-11-17-10-15(19)13-21(16,17)12-14/h1-3,5-6,14-17,19H,4,7-13H2. The minimum Gasteiger partial charge on any atom is -0.427 e. The van der Waals surface area contributed by atoms with E-state index in [0.717, 1.165) is 41.4 Å². The summed E-state index contributed by atoms with van der Waals surface area (Å²) in [6, 6.07) is 9.45. The zero-order valence-corrected chi connectivity index (χ0v) is 13.7. The molecule has 0 saturated heterocycles. The van der Waals surface area contributed by atoms with Crippen molar-refractivity contribution in [2.75, 3.05) is 0 Å². The molecule has 122 valence electrons. The van der Waals surface area contributed by atoms with Gasteiger partial charge in [-0.3, -0.25) is 4.79 Å². The van der Waals surface area contributed by atoms with Crippen LogP contribution in [0.4, 0.5) is 0 Å². The van der Waals surface area contributed by atoms with Gasteiger partial charge in [-0.15, -0.1) is 0 Å². The molecule has 23 heavy (non-hydrogen) atoms. The molecule has 4 fully saturated rings. The predicted molar refractivity (Wildman–Crippen MR) is 88.9 cm³/mol. The fourth-order valence-corrected chi connectivity index (χ4v) is 6.93. The first-order valence-corrected chi connectivity index (χ1v) is 9.50. The molecule has 0 N–H and O–H groups in total. The number of rotatable bonds is 5. The first-order valence-electron chi connectivity index (χ1n) is 9.50. The van der Waals surface area contributed by atoms with Crippen LogP contribution in [0.2, 0.25) is 0 Å². The summed E-state index contributed by atoms with van der Waals surface area (Å²) in [6.45, 7) is 0. The third-order valence-corrected chi connectivity index (χ3v) is 7.76. The second-order valence-corrected chi connectivity index (χ2v) is 8.61. The Bertz CT molecular complexity index is 584. The summed E-state index contributed by atoms with van der Waals surface area (Å²) < 4.78 is 5.41. The monoisotopic (exact) mass is 310 g/mol. The van der Waals surface area contributed by atoms with Gasteiger partial charge in [0.15, 0.2) is 0 Å². The molecule has 0 heterocycles. The SMILES string of the molecule is O=C(CCCC1C2CC3CC4CC1CC34C2)Oc1ccccc1. The first-order chi connectivity index (χ1) is 11.2. The molecule has 4 aliphatic carbocycles. The van der Waals surface area contributed by atoms with Gasteiger partial charge in [0.05, 0.1) is 0 Å². The van der Waals surface area contributed by atoms with Crippen LogP contribution in [-0.4, -0.2) is 5.97 Å². The second kappa shape index (κ2) is 5.09. The first kappa shape index (κ1) is 14.1. The maximum Gasteiger partial charge on any atom is 0.311 e. The summed E-state index contributed by atoms with van der Waals surface area (Å²) in [5.74, 6) is 5.63. The Hall–Kier alpha value is -1.31. The van der Waals surface area contributed by atoms with Crippen molar-refractivity contribution < 1.29 is 9.53 Å². The lowest BCUT2D eigenvalue weighted by Gasteiger charge is -2.49. The summed E-state index contributed by atoms with van der Waals surface area (Å²) in [5, 5.41) is 0. The van der Waals surface area contributed by atoms with E-state index in [1.807, 2.05) is 30.3 Å². The smallest absolute Gasteiger partial charge is 0.311 e. The Labute approximate surface area is 138 Å². The average molecular weight is 310 g/mol. The Morgan fingerprint density at radius 3 is 2.43 bits per heavy atom. The predicted octanol–water partition coefficient (Wildman–Crippen LogP) is 4.83. The number of carbonyl (C=O) groups is 1. The van der Waals surface area contributed by atoms with Crippen molar-refractivity contribution in [3.8, 4) is 5.75 Å². The van der Waals surface area contributed by atoms with Crippen LogP contribution < -0.4 is 4.74 Å². The summed E-state index contributed by atoms with van der Waals surface area (Å²) in [4.78, 5) is 12.0. The van der Waals surface area contributed by atoms with Crippen molar-refractivity contribution in [1.29, 1.82) is 0 Å². The van der Waals surface area contributed by atoms with Crippen LogP contribution in [0.1, 0.15) is 51.4 Å². The molecule has 0 aromatic heterocycles. The molecule has 0 amide bonds. The molecule has 1 spiro atoms. The number of hydrogen-bond acceptors (Lipinski definition) is 2. The van der Waals surface area contributed by atoms with Gasteiger partial charge in [-0.05, 0) is 92.1 Å². The van der Waals surface area contributed by atoms with Crippen LogP contribution in [0, 0.1) is 35.0 Å².